The zero-order chi connectivity index (χ0) is 13.5. The normalized spacial score (nSPS) is 12.1. The molecule has 3 nitrogen and oxygen atoms in total. The third-order valence-corrected chi connectivity index (χ3v) is 2.87. The van der Waals surface area contributed by atoms with Gasteiger partial charge in [-0.25, -0.2) is 0 Å². The number of carboxylic acid groups (broad SMARTS) is 1. The van der Waals surface area contributed by atoms with E-state index in [1.807, 2.05) is 24.3 Å². The Kier molecular flexibility index (Phi) is 5.56. The molecule has 1 atom stereocenters. The maximum Gasteiger partial charge on any atom is 0.303 e. The first-order valence-corrected chi connectivity index (χ1v) is 6.36. The standard InChI is InChI=1S/C15H20O3/c1-3-4-12-5-7-13(8-6-12)14(16)9-11(2)10-15(17)18/h5-8,11H,3-4,9-10H2,1-2H3,(H,17,18)/t11-/m0/s1. The highest BCUT2D eigenvalue weighted by Gasteiger charge is 2.13. The van der Waals surface area contributed by atoms with Crippen LogP contribution < -0.4 is 0 Å². The number of carboxylic acids is 1. The largest absolute Gasteiger partial charge is 0.481 e. The van der Waals surface area contributed by atoms with E-state index >= 15 is 0 Å². The van der Waals surface area contributed by atoms with Crippen LogP contribution in [0.25, 0.3) is 0 Å². The highest BCUT2D eigenvalue weighted by molar-refractivity contribution is 5.96. The van der Waals surface area contributed by atoms with E-state index in [4.69, 9.17) is 5.11 Å². The molecule has 1 aromatic rings. The Morgan fingerprint density at radius 1 is 1.17 bits per heavy atom. The predicted molar refractivity (Wildman–Crippen MR) is 70.8 cm³/mol. The molecule has 18 heavy (non-hydrogen) atoms. The molecule has 0 aromatic heterocycles. The summed E-state index contributed by atoms with van der Waals surface area (Å²) in [6.07, 6.45) is 2.44. The summed E-state index contributed by atoms with van der Waals surface area (Å²) in [5.74, 6) is -0.953. The van der Waals surface area contributed by atoms with Crippen LogP contribution in [0, 0.1) is 5.92 Å². The molecule has 0 aliphatic rings. The highest BCUT2D eigenvalue weighted by Crippen LogP contribution is 2.14. The molecule has 0 aliphatic carbocycles. The summed E-state index contributed by atoms with van der Waals surface area (Å²) in [7, 11) is 0. The van der Waals surface area contributed by atoms with Crippen molar-refractivity contribution in [1.29, 1.82) is 0 Å². The smallest absolute Gasteiger partial charge is 0.303 e. The number of hydrogen-bond acceptors (Lipinski definition) is 2. The van der Waals surface area contributed by atoms with Crippen molar-refractivity contribution in [3.63, 3.8) is 0 Å². The fourth-order valence-electron chi connectivity index (χ4n) is 1.95. The van der Waals surface area contributed by atoms with E-state index < -0.39 is 5.97 Å². The van der Waals surface area contributed by atoms with Gasteiger partial charge in [-0.3, -0.25) is 9.59 Å². The molecule has 0 amide bonds. The van der Waals surface area contributed by atoms with Gasteiger partial charge in [0.25, 0.3) is 0 Å². The van der Waals surface area contributed by atoms with Crippen molar-refractivity contribution in [3.05, 3.63) is 35.4 Å². The molecule has 98 valence electrons. The molecule has 0 saturated heterocycles. The molecule has 3 heteroatoms. The lowest BCUT2D eigenvalue weighted by Gasteiger charge is -2.08. The summed E-state index contributed by atoms with van der Waals surface area (Å²) in [6.45, 7) is 3.91. The SMILES string of the molecule is CCCc1ccc(C(=O)C[C@H](C)CC(=O)O)cc1. The van der Waals surface area contributed by atoms with Gasteiger partial charge in [-0.1, -0.05) is 44.5 Å². The summed E-state index contributed by atoms with van der Waals surface area (Å²) in [5.41, 5.74) is 1.90. The summed E-state index contributed by atoms with van der Waals surface area (Å²) in [5, 5.41) is 8.65. The van der Waals surface area contributed by atoms with Gasteiger partial charge in [-0.2, -0.15) is 0 Å². The van der Waals surface area contributed by atoms with Gasteiger partial charge >= 0.3 is 5.97 Å². The molecule has 0 unspecified atom stereocenters. The first kappa shape index (κ1) is 14.4. The molecule has 0 fully saturated rings. The second-order valence-electron chi connectivity index (χ2n) is 4.78. The van der Waals surface area contributed by atoms with E-state index in [1.165, 1.54) is 5.56 Å². The van der Waals surface area contributed by atoms with Crippen molar-refractivity contribution in [3.8, 4) is 0 Å². The van der Waals surface area contributed by atoms with Crippen LogP contribution in [0.3, 0.4) is 0 Å². The average molecular weight is 248 g/mol. The quantitative estimate of drug-likeness (QED) is 0.753. The second-order valence-corrected chi connectivity index (χ2v) is 4.78. The lowest BCUT2D eigenvalue weighted by Crippen LogP contribution is -2.10. The van der Waals surface area contributed by atoms with E-state index in [2.05, 4.69) is 6.92 Å². The van der Waals surface area contributed by atoms with E-state index in [0.717, 1.165) is 12.8 Å². The molecule has 1 rings (SSSR count). The zero-order valence-corrected chi connectivity index (χ0v) is 11.0. The van der Waals surface area contributed by atoms with Crippen LogP contribution in [0.4, 0.5) is 0 Å². The zero-order valence-electron chi connectivity index (χ0n) is 11.0. The maximum atomic E-state index is 11.9. The maximum absolute atomic E-state index is 11.9. The van der Waals surface area contributed by atoms with Gasteiger partial charge in [0.15, 0.2) is 5.78 Å². The number of Topliss-reactive ketones (excluding diaryl/α,β-unsaturated/α-hetero) is 1. The Bertz CT molecular complexity index is 406. The minimum absolute atomic E-state index is 0.0202. The van der Waals surface area contributed by atoms with Crippen molar-refractivity contribution < 1.29 is 14.7 Å². The van der Waals surface area contributed by atoms with Gasteiger partial charge in [-0.15, -0.1) is 0 Å². The molecule has 1 N–H and O–H groups in total. The number of aliphatic carboxylic acids is 1. The molecule has 0 bridgehead atoms. The highest BCUT2D eigenvalue weighted by atomic mass is 16.4. The van der Waals surface area contributed by atoms with Crippen LogP contribution in [0.1, 0.15) is 49.0 Å². The minimum Gasteiger partial charge on any atom is -0.481 e. The van der Waals surface area contributed by atoms with Crippen LogP contribution in [0.5, 0.6) is 0 Å². The van der Waals surface area contributed by atoms with E-state index in [1.54, 1.807) is 6.92 Å². The topological polar surface area (TPSA) is 54.4 Å². The van der Waals surface area contributed by atoms with Gasteiger partial charge in [0.05, 0.1) is 0 Å². The lowest BCUT2D eigenvalue weighted by atomic mass is 9.96. The van der Waals surface area contributed by atoms with Gasteiger partial charge in [0.2, 0.25) is 0 Å². The summed E-state index contributed by atoms with van der Waals surface area (Å²) < 4.78 is 0. The fraction of sp³-hybridized carbons (Fsp3) is 0.467. The second kappa shape index (κ2) is 6.94. The number of benzene rings is 1. The average Bonchev–Trinajstić information content (AvgIpc) is 2.29. The third-order valence-electron chi connectivity index (χ3n) is 2.87. The van der Waals surface area contributed by atoms with E-state index in [-0.39, 0.29) is 18.1 Å². The molecule has 0 aliphatic heterocycles. The molecular formula is C15H20O3. The Hall–Kier alpha value is -1.64. The van der Waals surface area contributed by atoms with Gasteiger partial charge in [0.1, 0.15) is 0 Å². The Morgan fingerprint density at radius 2 is 1.78 bits per heavy atom. The lowest BCUT2D eigenvalue weighted by molar-refractivity contribution is -0.137. The van der Waals surface area contributed by atoms with Crippen molar-refractivity contribution in [2.75, 3.05) is 0 Å². The molecule has 1 aromatic carbocycles. The van der Waals surface area contributed by atoms with Crippen LogP contribution in [0.15, 0.2) is 24.3 Å². The first-order chi connectivity index (χ1) is 8.52. The number of carbonyl (C=O) groups is 2. The van der Waals surface area contributed by atoms with Crippen LogP contribution in [-0.4, -0.2) is 16.9 Å². The van der Waals surface area contributed by atoms with Crippen molar-refractivity contribution in [2.24, 2.45) is 5.92 Å². The van der Waals surface area contributed by atoms with Gasteiger partial charge < -0.3 is 5.11 Å². The molecule has 0 spiro atoms. The summed E-state index contributed by atoms with van der Waals surface area (Å²) in [6, 6.07) is 7.61. The molecule has 0 radical (unpaired) electrons. The van der Waals surface area contributed by atoms with Crippen LogP contribution >= 0.6 is 0 Å². The molecule has 0 heterocycles. The van der Waals surface area contributed by atoms with Crippen LogP contribution in [0.2, 0.25) is 0 Å². The Labute approximate surface area is 108 Å². The van der Waals surface area contributed by atoms with Crippen molar-refractivity contribution in [2.45, 2.75) is 39.5 Å². The Balaban J connectivity index is 2.58. The number of hydrogen-bond donors (Lipinski definition) is 1. The van der Waals surface area contributed by atoms with Gasteiger partial charge in [0, 0.05) is 18.4 Å². The van der Waals surface area contributed by atoms with Crippen molar-refractivity contribution in [1.82, 2.24) is 0 Å². The molecular weight excluding hydrogens is 228 g/mol. The molecule has 0 saturated carbocycles. The monoisotopic (exact) mass is 248 g/mol. The number of rotatable bonds is 7. The summed E-state index contributed by atoms with van der Waals surface area (Å²) >= 11 is 0. The van der Waals surface area contributed by atoms with Gasteiger partial charge in [-0.05, 0) is 17.9 Å². The number of carbonyl (C=O) groups excluding carboxylic acids is 1. The van der Waals surface area contributed by atoms with Crippen molar-refractivity contribution >= 4 is 11.8 Å². The minimum atomic E-state index is -0.853. The van der Waals surface area contributed by atoms with E-state index in [9.17, 15) is 9.59 Å². The number of ketones is 1. The summed E-state index contributed by atoms with van der Waals surface area (Å²) in [4.78, 5) is 22.4. The predicted octanol–water partition coefficient (Wildman–Crippen LogP) is 3.32. The Morgan fingerprint density at radius 3 is 2.28 bits per heavy atom. The number of aryl methyl sites for hydroxylation is 1. The fourth-order valence-corrected chi connectivity index (χ4v) is 1.95. The first-order valence-electron chi connectivity index (χ1n) is 6.36. The third kappa shape index (κ3) is 4.70. The van der Waals surface area contributed by atoms with Crippen LogP contribution in [-0.2, 0) is 11.2 Å². The van der Waals surface area contributed by atoms with E-state index in [0.29, 0.717) is 12.0 Å².